The van der Waals surface area contributed by atoms with Gasteiger partial charge in [0.15, 0.2) is 11.5 Å². The molecule has 0 spiro atoms. The SMILES string of the molecule is CCC1(O)CCN(c2ccc3nnc(-c4cc(Cl)cc(Cl)c4)n3n2)CC1. The average Bonchev–Trinajstić information content (AvgIpc) is 3.05. The maximum atomic E-state index is 10.4. The Morgan fingerprint density at radius 3 is 2.42 bits per heavy atom. The fourth-order valence-corrected chi connectivity index (χ4v) is 3.84. The first kappa shape index (κ1) is 17.5. The van der Waals surface area contributed by atoms with E-state index in [1.165, 1.54) is 0 Å². The third-order valence-corrected chi connectivity index (χ3v) is 5.48. The molecule has 0 unspecified atom stereocenters. The molecule has 1 saturated heterocycles. The quantitative estimate of drug-likeness (QED) is 0.734. The van der Waals surface area contributed by atoms with Crippen LogP contribution in [0.1, 0.15) is 26.2 Å². The Hall–Kier alpha value is -1.89. The highest BCUT2D eigenvalue weighted by Crippen LogP contribution is 2.29. The predicted molar refractivity (Wildman–Crippen MR) is 103 cm³/mol. The Morgan fingerprint density at radius 1 is 1.08 bits per heavy atom. The van der Waals surface area contributed by atoms with Gasteiger partial charge in [0.05, 0.1) is 5.60 Å². The third kappa shape index (κ3) is 3.24. The van der Waals surface area contributed by atoms with Crippen molar-refractivity contribution in [1.29, 1.82) is 0 Å². The van der Waals surface area contributed by atoms with Crippen LogP contribution in [-0.2, 0) is 0 Å². The third-order valence-electron chi connectivity index (χ3n) is 5.05. The summed E-state index contributed by atoms with van der Waals surface area (Å²) in [6.07, 6.45) is 2.25. The van der Waals surface area contributed by atoms with E-state index in [4.69, 9.17) is 28.3 Å². The Morgan fingerprint density at radius 2 is 1.77 bits per heavy atom. The molecule has 3 heterocycles. The van der Waals surface area contributed by atoms with Crippen molar-refractivity contribution in [2.24, 2.45) is 0 Å². The van der Waals surface area contributed by atoms with Gasteiger partial charge in [0.25, 0.3) is 0 Å². The van der Waals surface area contributed by atoms with Gasteiger partial charge < -0.3 is 10.0 Å². The van der Waals surface area contributed by atoms with Crippen molar-refractivity contribution in [1.82, 2.24) is 19.8 Å². The van der Waals surface area contributed by atoms with Gasteiger partial charge in [0.2, 0.25) is 0 Å². The Bertz CT molecular complexity index is 930. The summed E-state index contributed by atoms with van der Waals surface area (Å²) in [5.41, 5.74) is 0.862. The molecule has 0 bridgehead atoms. The first-order chi connectivity index (χ1) is 12.5. The molecule has 1 fully saturated rings. The molecule has 0 atom stereocenters. The lowest BCUT2D eigenvalue weighted by Crippen LogP contribution is -2.44. The van der Waals surface area contributed by atoms with Gasteiger partial charge in [-0.1, -0.05) is 30.1 Å². The highest BCUT2D eigenvalue weighted by Gasteiger charge is 2.31. The number of halogens is 2. The molecular weight excluding hydrogens is 373 g/mol. The van der Waals surface area contributed by atoms with E-state index in [0.717, 1.165) is 43.7 Å². The van der Waals surface area contributed by atoms with Gasteiger partial charge in [0.1, 0.15) is 5.82 Å². The smallest absolute Gasteiger partial charge is 0.185 e. The Balaban J connectivity index is 1.69. The van der Waals surface area contributed by atoms with Crippen LogP contribution in [-0.4, -0.2) is 43.6 Å². The minimum atomic E-state index is -0.556. The molecule has 3 aromatic rings. The maximum absolute atomic E-state index is 10.4. The number of aliphatic hydroxyl groups is 1. The first-order valence-corrected chi connectivity index (χ1v) is 9.39. The Labute approximate surface area is 161 Å². The van der Waals surface area contributed by atoms with Crippen molar-refractivity contribution in [2.45, 2.75) is 31.8 Å². The summed E-state index contributed by atoms with van der Waals surface area (Å²) in [4.78, 5) is 2.18. The first-order valence-electron chi connectivity index (χ1n) is 8.64. The highest BCUT2D eigenvalue weighted by molar-refractivity contribution is 6.35. The Kier molecular flexibility index (Phi) is 4.50. The molecule has 1 aromatic carbocycles. The van der Waals surface area contributed by atoms with E-state index in [1.54, 1.807) is 22.7 Å². The standard InChI is InChI=1S/C18H19Cl2N5O/c1-2-18(26)5-7-24(8-6-18)16-4-3-15-21-22-17(25(15)23-16)12-9-13(19)11-14(20)10-12/h3-4,9-11,26H,2,5-8H2,1H3. The number of fused-ring (bicyclic) bond motifs is 1. The lowest BCUT2D eigenvalue weighted by atomic mass is 9.89. The molecule has 1 aliphatic heterocycles. The largest absolute Gasteiger partial charge is 0.390 e. The van der Waals surface area contributed by atoms with E-state index in [1.807, 2.05) is 19.1 Å². The van der Waals surface area contributed by atoms with Crippen LogP contribution in [0.2, 0.25) is 10.0 Å². The van der Waals surface area contributed by atoms with Crippen LogP contribution < -0.4 is 4.90 Å². The number of aromatic nitrogens is 4. The summed E-state index contributed by atoms with van der Waals surface area (Å²) in [5, 5.41) is 24.7. The van der Waals surface area contributed by atoms with E-state index >= 15 is 0 Å². The molecule has 2 aromatic heterocycles. The fourth-order valence-electron chi connectivity index (χ4n) is 3.32. The summed E-state index contributed by atoms with van der Waals surface area (Å²) in [6.45, 7) is 3.56. The number of benzene rings is 1. The zero-order chi connectivity index (χ0) is 18.3. The molecule has 26 heavy (non-hydrogen) atoms. The van der Waals surface area contributed by atoms with Gasteiger partial charge in [-0.25, -0.2) is 0 Å². The van der Waals surface area contributed by atoms with E-state index in [9.17, 15) is 5.11 Å². The van der Waals surface area contributed by atoms with Gasteiger partial charge in [-0.05, 0) is 49.6 Å². The molecule has 6 nitrogen and oxygen atoms in total. The van der Waals surface area contributed by atoms with Crippen molar-refractivity contribution >= 4 is 34.7 Å². The molecule has 4 rings (SSSR count). The lowest BCUT2D eigenvalue weighted by molar-refractivity contribution is 0.0124. The minimum absolute atomic E-state index is 0.537. The van der Waals surface area contributed by atoms with Gasteiger partial charge in [-0.2, -0.15) is 4.52 Å². The lowest BCUT2D eigenvalue weighted by Gasteiger charge is -2.38. The number of nitrogens with zero attached hydrogens (tertiary/aromatic N) is 5. The van der Waals surface area contributed by atoms with Gasteiger partial charge in [0, 0.05) is 28.7 Å². The molecular formula is C18H19Cl2N5O. The van der Waals surface area contributed by atoms with Crippen LogP contribution in [0.5, 0.6) is 0 Å². The van der Waals surface area contributed by atoms with Gasteiger partial charge in [-0.15, -0.1) is 15.3 Å². The topological polar surface area (TPSA) is 66.5 Å². The summed E-state index contributed by atoms with van der Waals surface area (Å²) in [7, 11) is 0. The molecule has 0 radical (unpaired) electrons. The zero-order valence-corrected chi connectivity index (χ0v) is 15.9. The van der Waals surface area contributed by atoms with E-state index in [-0.39, 0.29) is 0 Å². The minimum Gasteiger partial charge on any atom is -0.390 e. The molecule has 0 aliphatic carbocycles. The van der Waals surface area contributed by atoms with E-state index < -0.39 is 5.60 Å². The molecule has 1 aliphatic rings. The van der Waals surface area contributed by atoms with Crippen molar-refractivity contribution in [3.63, 3.8) is 0 Å². The summed E-state index contributed by atoms with van der Waals surface area (Å²) >= 11 is 12.2. The molecule has 1 N–H and O–H groups in total. The van der Waals surface area contributed by atoms with Crippen LogP contribution in [0.25, 0.3) is 17.0 Å². The fraction of sp³-hybridized carbons (Fsp3) is 0.389. The van der Waals surface area contributed by atoms with Gasteiger partial charge >= 0.3 is 0 Å². The monoisotopic (exact) mass is 391 g/mol. The molecule has 136 valence electrons. The normalized spacial score (nSPS) is 17.0. The predicted octanol–water partition coefficient (Wildman–Crippen LogP) is 3.84. The number of hydrogen-bond acceptors (Lipinski definition) is 5. The number of piperidine rings is 1. The second-order valence-corrected chi connectivity index (χ2v) is 7.58. The second-order valence-electron chi connectivity index (χ2n) is 6.71. The van der Waals surface area contributed by atoms with Crippen molar-refractivity contribution in [3.8, 4) is 11.4 Å². The molecule has 0 amide bonds. The number of anilines is 1. The van der Waals surface area contributed by atoms with Crippen LogP contribution in [0.15, 0.2) is 30.3 Å². The van der Waals surface area contributed by atoms with E-state index in [0.29, 0.717) is 21.5 Å². The van der Waals surface area contributed by atoms with Crippen molar-refractivity contribution in [2.75, 3.05) is 18.0 Å². The number of hydrogen-bond donors (Lipinski definition) is 1. The van der Waals surface area contributed by atoms with Gasteiger partial charge in [-0.3, -0.25) is 0 Å². The number of rotatable bonds is 3. The second kappa shape index (κ2) is 6.68. The summed E-state index contributed by atoms with van der Waals surface area (Å²) < 4.78 is 1.71. The average molecular weight is 392 g/mol. The van der Waals surface area contributed by atoms with Crippen molar-refractivity contribution in [3.05, 3.63) is 40.4 Å². The molecule has 8 heteroatoms. The van der Waals surface area contributed by atoms with Crippen molar-refractivity contribution < 1.29 is 5.11 Å². The highest BCUT2D eigenvalue weighted by atomic mass is 35.5. The van der Waals surface area contributed by atoms with E-state index in [2.05, 4.69) is 15.1 Å². The summed E-state index contributed by atoms with van der Waals surface area (Å²) in [5.74, 6) is 1.43. The molecule has 0 saturated carbocycles. The van der Waals surface area contributed by atoms with Crippen LogP contribution in [0.4, 0.5) is 5.82 Å². The maximum Gasteiger partial charge on any atom is 0.185 e. The zero-order valence-electron chi connectivity index (χ0n) is 14.4. The summed E-state index contributed by atoms with van der Waals surface area (Å²) in [6, 6.07) is 9.10. The van der Waals surface area contributed by atoms with Crippen LogP contribution in [0, 0.1) is 0 Å². The van der Waals surface area contributed by atoms with Crippen LogP contribution >= 0.6 is 23.2 Å². The van der Waals surface area contributed by atoms with Crippen LogP contribution in [0.3, 0.4) is 0 Å².